The minimum absolute atomic E-state index is 0.0221. The number of anilines is 2. The molecule has 4 heterocycles. The smallest absolute Gasteiger partial charge is 0.329 e. The summed E-state index contributed by atoms with van der Waals surface area (Å²) in [5.74, 6) is 1.68. The number of aromatic nitrogens is 4. The Balaban J connectivity index is 1.42. The van der Waals surface area contributed by atoms with Crippen molar-refractivity contribution in [2.75, 3.05) is 50.5 Å². The van der Waals surface area contributed by atoms with Gasteiger partial charge in [-0.2, -0.15) is 0 Å². The van der Waals surface area contributed by atoms with Crippen LogP contribution >= 0.6 is 0 Å². The SMILES string of the molecule is COC[C@@H](F)CN(CCCCc1ccc2c(n1)NCCC2)CC[C@H](Nc1cc(C)nc(-c2ccncc2)n1)C(=O)OC(C)(C)C. The zero-order valence-electron chi connectivity index (χ0n) is 27.3. The van der Waals surface area contributed by atoms with Gasteiger partial charge in [0.15, 0.2) is 5.82 Å². The highest BCUT2D eigenvalue weighted by Crippen LogP contribution is 2.22. The number of methoxy groups -OCH3 is 1. The number of ether oxygens (including phenoxy) is 2. The molecule has 3 aromatic rings. The molecular weight excluding hydrogens is 573 g/mol. The van der Waals surface area contributed by atoms with E-state index in [2.05, 4.69) is 42.6 Å². The normalized spacial score (nSPS) is 14.4. The Kier molecular flexibility index (Phi) is 12.6. The van der Waals surface area contributed by atoms with E-state index in [1.165, 1.54) is 12.7 Å². The summed E-state index contributed by atoms with van der Waals surface area (Å²) in [5, 5.41) is 6.70. The van der Waals surface area contributed by atoms with Crippen molar-refractivity contribution >= 4 is 17.6 Å². The van der Waals surface area contributed by atoms with E-state index in [9.17, 15) is 9.18 Å². The number of alkyl halides is 1. The van der Waals surface area contributed by atoms with Crippen LogP contribution < -0.4 is 10.6 Å². The molecule has 0 saturated carbocycles. The zero-order chi connectivity index (χ0) is 32.2. The van der Waals surface area contributed by atoms with Gasteiger partial charge in [0.25, 0.3) is 0 Å². The van der Waals surface area contributed by atoms with Gasteiger partial charge in [0.1, 0.15) is 29.5 Å². The summed E-state index contributed by atoms with van der Waals surface area (Å²) in [4.78, 5) is 33.6. The lowest BCUT2D eigenvalue weighted by Crippen LogP contribution is -2.41. The number of hydrogen-bond acceptors (Lipinski definition) is 10. The van der Waals surface area contributed by atoms with E-state index in [4.69, 9.17) is 14.5 Å². The third kappa shape index (κ3) is 11.3. The van der Waals surface area contributed by atoms with Gasteiger partial charge in [-0.05, 0) is 96.5 Å². The molecule has 0 saturated heterocycles. The van der Waals surface area contributed by atoms with Crippen molar-refractivity contribution in [1.29, 1.82) is 0 Å². The quantitative estimate of drug-likeness (QED) is 0.159. The van der Waals surface area contributed by atoms with Gasteiger partial charge in [-0.1, -0.05) is 6.07 Å². The molecule has 1 aliphatic rings. The van der Waals surface area contributed by atoms with Crippen molar-refractivity contribution in [2.24, 2.45) is 0 Å². The van der Waals surface area contributed by atoms with Crippen LogP contribution in [-0.4, -0.2) is 88.5 Å². The maximum absolute atomic E-state index is 14.8. The molecule has 3 aromatic heterocycles. The first-order valence-electron chi connectivity index (χ1n) is 15.9. The summed E-state index contributed by atoms with van der Waals surface area (Å²) >= 11 is 0. The summed E-state index contributed by atoms with van der Waals surface area (Å²) < 4.78 is 25.6. The van der Waals surface area contributed by atoms with Crippen LogP contribution in [-0.2, 0) is 27.1 Å². The monoisotopic (exact) mass is 621 g/mol. The molecule has 0 spiro atoms. The molecule has 45 heavy (non-hydrogen) atoms. The lowest BCUT2D eigenvalue weighted by molar-refractivity contribution is -0.156. The summed E-state index contributed by atoms with van der Waals surface area (Å²) in [6.45, 7) is 9.80. The van der Waals surface area contributed by atoms with Gasteiger partial charge in [0.05, 0.1) is 6.61 Å². The van der Waals surface area contributed by atoms with Crippen molar-refractivity contribution in [1.82, 2.24) is 24.8 Å². The predicted octanol–water partition coefficient (Wildman–Crippen LogP) is 5.42. The van der Waals surface area contributed by atoms with Gasteiger partial charge < -0.3 is 25.0 Å². The maximum atomic E-state index is 14.8. The highest BCUT2D eigenvalue weighted by molar-refractivity contribution is 5.79. The van der Waals surface area contributed by atoms with Crippen LogP contribution in [0, 0.1) is 6.92 Å². The summed E-state index contributed by atoms with van der Waals surface area (Å²) in [6.07, 6.45) is 7.50. The molecule has 0 fully saturated rings. The first kappa shape index (κ1) is 34.2. The third-order valence-corrected chi connectivity index (χ3v) is 7.45. The molecule has 0 radical (unpaired) electrons. The Bertz CT molecular complexity index is 1370. The largest absolute Gasteiger partial charge is 0.458 e. The average molecular weight is 622 g/mol. The van der Waals surface area contributed by atoms with Crippen LogP contribution in [0.2, 0.25) is 0 Å². The first-order valence-corrected chi connectivity index (χ1v) is 15.9. The summed E-state index contributed by atoms with van der Waals surface area (Å²) in [7, 11) is 1.50. The Morgan fingerprint density at radius 2 is 1.91 bits per heavy atom. The molecule has 244 valence electrons. The predicted molar refractivity (Wildman–Crippen MR) is 175 cm³/mol. The van der Waals surface area contributed by atoms with Gasteiger partial charge in [0, 0.05) is 62.2 Å². The van der Waals surface area contributed by atoms with E-state index < -0.39 is 17.8 Å². The third-order valence-electron chi connectivity index (χ3n) is 7.45. The van der Waals surface area contributed by atoms with Crippen molar-refractivity contribution in [3.05, 3.63) is 59.7 Å². The number of nitrogens with zero attached hydrogens (tertiary/aromatic N) is 5. The number of hydrogen-bond donors (Lipinski definition) is 2. The molecule has 2 atom stereocenters. The number of halogens is 1. The number of nitrogens with one attached hydrogen (secondary N) is 2. The maximum Gasteiger partial charge on any atom is 0.329 e. The highest BCUT2D eigenvalue weighted by Gasteiger charge is 2.27. The Morgan fingerprint density at radius 3 is 2.67 bits per heavy atom. The topological polar surface area (TPSA) is 114 Å². The lowest BCUT2D eigenvalue weighted by atomic mass is 10.1. The Labute approximate surface area is 266 Å². The van der Waals surface area contributed by atoms with Gasteiger partial charge in [-0.25, -0.2) is 24.1 Å². The van der Waals surface area contributed by atoms with Gasteiger partial charge in [0.2, 0.25) is 0 Å². The lowest BCUT2D eigenvalue weighted by Gasteiger charge is -2.28. The number of aryl methyl sites for hydroxylation is 3. The number of fused-ring (bicyclic) bond motifs is 1. The molecule has 0 bridgehead atoms. The number of carbonyl (C=O) groups is 1. The second-order valence-corrected chi connectivity index (χ2v) is 12.6. The summed E-state index contributed by atoms with van der Waals surface area (Å²) in [6, 6.07) is 9.09. The molecule has 11 heteroatoms. The standard InChI is InChI=1S/C34H48FN7O3/c1-24-21-30(41-32(38-24)26-13-17-36-18-14-26)40-29(33(43)45-34(2,3)4)15-20-42(22-27(35)23-44-5)19-7-6-10-28-12-11-25-9-8-16-37-31(25)39-28/h11-14,17-18,21,27,29H,6-10,15-16,19-20,22-23H2,1-5H3,(H,37,39)(H,38,40,41)/t27-,29-/m0/s1. The van der Waals surface area contributed by atoms with E-state index in [1.54, 1.807) is 18.5 Å². The fourth-order valence-electron chi connectivity index (χ4n) is 5.34. The molecule has 0 amide bonds. The van der Waals surface area contributed by atoms with Crippen LogP contribution in [0.25, 0.3) is 11.4 Å². The molecular formula is C34H48FN7O3. The second kappa shape index (κ2) is 16.6. The van der Waals surface area contributed by atoms with E-state index in [-0.39, 0.29) is 19.1 Å². The van der Waals surface area contributed by atoms with Gasteiger partial charge in [-0.15, -0.1) is 0 Å². The molecule has 0 unspecified atom stereocenters. The van der Waals surface area contributed by atoms with Crippen LogP contribution in [0.3, 0.4) is 0 Å². The first-order chi connectivity index (χ1) is 21.6. The molecule has 4 rings (SSSR count). The highest BCUT2D eigenvalue weighted by atomic mass is 19.1. The van der Waals surface area contributed by atoms with Gasteiger partial charge in [-0.3, -0.25) is 4.98 Å². The van der Waals surface area contributed by atoms with E-state index in [0.29, 0.717) is 31.2 Å². The van der Waals surface area contributed by atoms with Gasteiger partial charge >= 0.3 is 5.97 Å². The van der Waals surface area contributed by atoms with Crippen molar-refractivity contribution in [3.63, 3.8) is 0 Å². The molecule has 1 aliphatic heterocycles. The zero-order valence-corrected chi connectivity index (χ0v) is 27.3. The molecule has 0 aliphatic carbocycles. The minimum Gasteiger partial charge on any atom is -0.458 e. The second-order valence-electron chi connectivity index (χ2n) is 12.6. The van der Waals surface area contributed by atoms with Crippen LogP contribution in [0.15, 0.2) is 42.7 Å². The van der Waals surface area contributed by atoms with Crippen LogP contribution in [0.4, 0.5) is 16.0 Å². The van der Waals surface area contributed by atoms with Crippen LogP contribution in [0.5, 0.6) is 0 Å². The van der Waals surface area contributed by atoms with E-state index in [1.807, 2.05) is 39.8 Å². The number of esters is 1. The van der Waals surface area contributed by atoms with Crippen molar-refractivity contribution < 1.29 is 18.7 Å². The molecule has 10 nitrogen and oxygen atoms in total. The fourth-order valence-corrected chi connectivity index (χ4v) is 5.34. The Hall–Kier alpha value is -3.70. The Morgan fingerprint density at radius 1 is 1.11 bits per heavy atom. The van der Waals surface area contributed by atoms with E-state index >= 15 is 0 Å². The van der Waals surface area contributed by atoms with Crippen molar-refractivity contribution in [2.45, 2.75) is 84.0 Å². The van der Waals surface area contributed by atoms with Crippen LogP contribution in [0.1, 0.15) is 63.4 Å². The molecule has 2 N–H and O–H groups in total. The average Bonchev–Trinajstić information content (AvgIpc) is 3.00. The minimum atomic E-state index is -1.14. The number of unbranched alkanes of at least 4 members (excludes halogenated alkanes) is 1. The molecule has 0 aromatic carbocycles. The summed E-state index contributed by atoms with van der Waals surface area (Å²) in [5.41, 5.74) is 3.27. The number of carbonyl (C=O) groups excluding carboxylic acids is 1. The van der Waals surface area contributed by atoms with E-state index in [0.717, 1.165) is 61.4 Å². The number of pyridine rings is 2. The fraction of sp³-hybridized carbons (Fsp3) is 0.559. The van der Waals surface area contributed by atoms with Crippen molar-refractivity contribution in [3.8, 4) is 11.4 Å². The number of rotatable bonds is 16.